The van der Waals surface area contributed by atoms with E-state index in [2.05, 4.69) is 0 Å². The van der Waals surface area contributed by atoms with Gasteiger partial charge in [0.2, 0.25) is 0 Å². The number of esters is 1. The van der Waals surface area contributed by atoms with E-state index in [1.165, 1.54) is 0 Å². The van der Waals surface area contributed by atoms with Gasteiger partial charge in [-0.1, -0.05) is 66.7 Å². The van der Waals surface area contributed by atoms with Gasteiger partial charge in [0.25, 0.3) is 11.1 Å². The number of hydrogen-bond acceptors (Lipinski definition) is 7. The highest BCUT2D eigenvalue weighted by molar-refractivity contribution is 8.18. The molecule has 1 fully saturated rings. The van der Waals surface area contributed by atoms with Crippen molar-refractivity contribution in [2.45, 2.75) is 0 Å². The minimum absolute atomic E-state index is 0.0811. The van der Waals surface area contributed by atoms with Crippen LogP contribution in [0, 0.1) is 0 Å². The zero-order chi connectivity index (χ0) is 26.5. The van der Waals surface area contributed by atoms with Crippen LogP contribution in [0.15, 0.2) is 95.9 Å². The first-order valence-electron chi connectivity index (χ1n) is 11.9. The zero-order valence-corrected chi connectivity index (χ0v) is 21.3. The normalized spacial score (nSPS) is 14.2. The van der Waals surface area contributed by atoms with Crippen LogP contribution in [0.1, 0.15) is 15.9 Å². The van der Waals surface area contributed by atoms with Gasteiger partial charge in [-0.2, -0.15) is 0 Å². The maximum Gasteiger partial charge on any atom is 0.344 e. The van der Waals surface area contributed by atoms with Crippen molar-refractivity contribution in [3.63, 3.8) is 0 Å². The number of nitrogens with zero attached hydrogens (tertiary/aromatic N) is 1. The second kappa shape index (κ2) is 11.2. The molecule has 0 N–H and O–H groups in total. The fourth-order valence-electron chi connectivity index (χ4n) is 4.07. The number of methoxy groups -OCH3 is 1. The topological polar surface area (TPSA) is 82.1 Å². The van der Waals surface area contributed by atoms with E-state index < -0.39 is 17.1 Å². The molecule has 7 nitrogen and oxygen atoms in total. The standard InChI is InChI=1S/C30H23NO6S/c1-35-25-15-6-7-16-26(25)36-18-17-31-28(32)27(38-30(31)34)19-21-10-3-5-14-24(21)37-29(33)23-13-8-11-20-9-2-4-12-22(20)23/h2-16,19H,17-18H2,1H3/b27-19-. The fraction of sp³-hybridized carbons (Fsp3) is 0.100. The number of thioether (sulfide) groups is 1. The Morgan fingerprint density at radius 1 is 0.842 bits per heavy atom. The molecule has 1 saturated heterocycles. The van der Waals surface area contributed by atoms with Crippen molar-refractivity contribution in [2.75, 3.05) is 20.3 Å². The summed E-state index contributed by atoms with van der Waals surface area (Å²) >= 11 is 0.834. The molecule has 1 aliphatic rings. The highest BCUT2D eigenvalue weighted by Gasteiger charge is 2.35. The molecule has 2 amide bonds. The third-order valence-electron chi connectivity index (χ3n) is 5.93. The molecule has 0 aromatic heterocycles. The Morgan fingerprint density at radius 2 is 1.53 bits per heavy atom. The minimum atomic E-state index is -0.510. The van der Waals surface area contributed by atoms with Crippen molar-refractivity contribution in [2.24, 2.45) is 0 Å². The molecule has 4 aromatic carbocycles. The Kier molecular flexibility index (Phi) is 7.42. The van der Waals surface area contributed by atoms with Gasteiger partial charge >= 0.3 is 5.97 Å². The molecule has 38 heavy (non-hydrogen) atoms. The van der Waals surface area contributed by atoms with Crippen LogP contribution in [-0.2, 0) is 4.79 Å². The summed E-state index contributed by atoms with van der Waals surface area (Å²) in [7, 11) is 1.54. The number of carbonyl (C=O) groups excluding carboxylic acids is 3. The fourth-order valence-corrected chi connectivity index (χ4v) is 4.93. The van der Waals surface area contributed by atoms with Crippen molar-refractivity contribution in [3.05, 3.63) is 107 Å². The zero-order valence-electron chi connectivity index (χ0n) is 20.5. The van der Waals surface area contributed by atoms with E-state index in [-0.39, 0.29) is 23.8 Å². The lowest BCUT2D eigenvalue weighted by Crippen LogP contribution is -2.32. The summed E-state index contributed by atoms with van der Waals surface area (Å²) in [6, 6.07) is 27.1. The number of rotatable bonds is 8. The lowest BCUT2D eigenvalue weighted by molar-refractivity contribution is -0.123. The molecule has 1 aliphatic heterocycles. The molecule has 0 unspecified atom stereocenters. The number of carbonyl (C=O) groups is 3. The third-order valence-corrected chi connectivity index (χ3v) is 6.84. The van der Waals surface area contributed by atoms with Gasteiger partial charge in [0.05, 0.1) is 24.1 Å². The van der Waals surface area contributed by atoms with Crippen molar-refractivity contribution in [1.29, 1.82) is 0 Å². The van der Waals surface area contributed by atoms with Crippen molar-refractivity contribution < 1.29 is 28.6 Å². The number of fused-ring (bicyclic) bond motifs is 1. The highest BCUT2D eigenvalue weighted by Crippen LogP contribution is 2.34. The maximum atomic E-state index is 13.1. The van der Waals surface area contributed by atoms with Gasteiger partial charge in [0.1, 0.15) is 12.4 Å². The number of imide groups is 1. The summed E-state index contributed by atoms with van der Waals surface area (Å²) in [4.78, 5) is 40.0. The van der Waals surface area contributed by atoms with Gasteiger partial charge in [-0.05, 0) is 52.9 Å². The van der Waals surface area contributed by atoms with E-state index in [1.807, 2.05) is 42.5 Å². The van der Waals surface area contributed by atoms with E-state index in [9.17, 15) is 14.4 Å². The molecule has 0 saturated carbocycles. The molecule has 0 bridgehead atoms. The van der Waals surface area contributed by atoms with Gasteiger partial charge in [-0.25, -0.2) is 4.79 Å². The molecule has 5 rings (SSSR count). The minimum Gasteiger partial charge on any atom is -0.493 e. The summed E-state index contributed by atoms with van der Waals surface area (Å²) < 4.78 is 16.7. The number of hydrogen-bond donors (Lipinski definition) is 0. The Morgan fingerprint density at radius 3 is 2.34 bits per heavy atom. The summed E-state index contributed by atoms with van der Waals surface area (Å²) in [5.41, 5.74) is 0.949. The monoisotopic (exact) mass is 525 g/mol. The molecule has 0 aliphatic carbocycles. The lowest BCUT2D eigenvalue weighted by atomic mass is 10.0. The summed E-state index contributed by atoms with van der Waals surface area (Å²) in [6.45, 7) is 0.197. The Labute approximate surface area is 223 Å². The highest BCUT2D eigenvalue weighted by atomic mass is 32.2. The van der Waals surface area contributed by atoms with Gasteiger partial charge in [0.15, 0.2) is 11.5 Å². The molecule has 0 radical (unpaired) electrons. The van der Waals surface area contributed by atoms with Crippen LogP contribution in [0.2, 0.25) is 0 Å². The molecule has 190 valence electrons. The van der Waals surface area contributed by atoms with Crippen LogP contribution >= 0.6 is 11.8 Å². The third kappa shape index (κ3) is 5.26. The van der Waals surface area contributed by atoms with Crippen molar-refractivity contribution in [1.82, 2.24) is 4.90 Å². The summed E-state index contributed by atoms with van der Waals surface area (Å²) in [5.74, 6) is 0.440. The SMILES string of the molecule is COc1ccccc1OCCN1C(=O)S/C(=C\c2ccccc2OC(=O)c2cccc3ccccc23)C1=O. The van der Waals surface area contributed by atoms with E-state index in [0.29, 0.717) is 22.6 Å². The largest absolute Gasteiger partial charge is 0.493 e. The molecule has 4 aromatic rings. The quantitative estimate of drug-likeness (QED) is 0.154. The Bertz CT molecular complexity index is 1560. The van der Waals surface area contributed by atoms with Gasteiger partial charge in [0, 0.05) is 5.56 Å². The Balaban J connectivity index is 1.30. The van der Waals surface area contributed by atoms with E-state index >= 15 is 0 Å². The van der Waals surface area contributed by atoms with E-state index in [0.717, 1.165) is 27.4 Å². The molecular formula is C30H23NO6S. The molecule has 1 heterocycles. The van der Waals surface area contributed by atoms with Crippen LogP contribution in [0.5, 0.6) is 17.2 Å². The molecule has 0 spiro atoms. The molecule has 0 atom stereocenters. The van der Waals surface area contributed by atoms with Crippen LogP contribution in [0.4, 0.5) is 4.79 Å². The first-order chi connectivity index (χ1) is 18.5. The van der Waals surface area contributed by atoms with Crippen LogP contribution in [0.25, 0.3) is 16.8 Å². The smallest absolute Gasteiger partial charge is 0.344 e. The van der Waals surface area contributed by atoms with Crippen molar-refractivity contribution in [3.8, 4) is 17.2 Å². The van der Waals surface area contributed by atoms with E-state index in [1.54, 1.807) is 61.7 Å². The Hall–Kier alpha value is -4.56. The first kappa shape index (κ1) is 25.1. The van der Waals surface area contributed by atoms with Crippen LogP contribution in [-0.4, -0.2) is 42.3 Å². The lowest BCUT2D eigenvalue weighted by Gasteiger charge is -2.14. The molecule has 8 heteroatoms. The molecular weight excluding hydrogens is 502 g/mol. The average Bonchev–Trinajstić information content (AvgIpc) is 3.21. The van der Waals surface area contributed by atoms with Gasteiger partial charge < -0.3 is 14.2 Å². The maximum absolute atomic E-state index is 13.1. The average molecular weight is 526 g/mol. The van der Waals surface area contributed by atoms with Crippen LogP contribution in [0.3, 0.4) is 0 Å². The van der Waals surface area contributed by atoms with Crippen LogP contribution < -0.4 is 14.2 Å². The predicted octanol–water partition coefficient (Wildman–Crippen LogP) is 6.18. The van der Waals surface area contributed by atoms with Gasteiger partial charge in [-0.3, -0.25) is 14.5 Å². The number of para-hydroxylation sites is 3. The van der Waals surface area contributed by atoms with E-state index in [4.69, 9.17) is 14.2 Å². The number of amides is 2. The summed E-state index contributed by atoms with van der Waals surface area (Å²) in [5, 5.41) is 1.32. The number of benzene rings is 4. The first-order valence-corrected chi connectivity index (χ1v) is 12.7. The summed E-state index contributed by atoms with van der Waals surface area (Å²) in [6.07, 6.45) is 1.57. The second-order valence-electron chi connectivity index (χ2n) is 8.29. The second-order valence-corrected chi connectivity index (χ2v) is 9.28. The van der Waals surface area contributed by atoms with Crippen molar-refractivity contribution >= 4 is 45.7 Å². The number of ether oxygens (including phenoxy) is 3. The van der Waals surface area contributed by atoms with Gasteiger partial charge in [-0.15, -0.1) is 0 Å². The predicted molar refractivity (Wildman–Crippen MR) is 147 cm³/mol.